The Morgan fingerprint density at radius 3 is 2.75 bits per heavy atom. The van der Waals surface area contributed by atoms with Crippen molar-refractivity contribution in [2.24, 2.45) is 5.10 Å². The molecule has 0 saturated heterocycles. The van der Waals surface area contributed by atoms with Crippen LogP contribution in [-0.2, 0) is 0 Å². The second-order valence-electron chi connectivity index (χ2n) is 4.00. The van der Waals surface area contributed by atoms with Crippen LogP contribution in [0.3, 0.4) is 0 Å². The molecule has 1 heterocycles. The maximum absolute atomic E-state index is 11.8. The van der Waals surface area contributed by atoms with Crippen LogP contribution in [0.1, 0.15) is 22.8 Å². The summed E-state index contributed by atoms with van der Waals surface area (Å²) in [6.45, 7) is 1.75. The van der Waals surface area contributed by atoms with E-state index in [-0.39, 0.29) is 5.91 Å². The van der Waals surface area contributed by atoms with Gasteiger partial charge in [0.1, 0.15) is 0 Å². The first kappa shape index (κ1) is 14.5. The Labute approximate surface area is 126 Å². The number of amides is 1. The van der Waals surface area contributed by atoms with E-state index in [9.17, 15) is 4.79 Å². The average Bonchev–Trinajstić information content (AvgIpc) is 2.45. The van der Waals surface area contributed by atoms with Gasteiger partial charge < -0.3 is 0 Å². The minimum atomic E-state index is -0.331. The van der Waals surface area contributed by atoms with E-state index >= 15 is 0 Å². The fraction of sp³-hybridized carbons (Fsp3) is 0.0714. The lowest BCUT2D eigenvalue weighted by molar-refractivity contribution is 0.0954. The van der Waals surface area contributed by atoms with Gasteiger partial charge in [-0.05, 0) is 31.2 Å². The molecule has 0 bridgehead atoms. The molecule has 1 aromatic heterocycles. The predicted octanol–water partition coefficient (Wildman–Crippen LogP) is 3.54. The first-order valence-corrected chi connectivity index (χ1v) is 6.53. The number of hydrogen-bond donors (Lipinski definition) is 1. The van der Waals surface area contributed by atoms with Gasteiger partial charge in [-0.2, -0.15) is 5.10 Å². The Kier molecular flexibility index (Phi) is 4.71. The van der Waals surface area contributed by atoms with Gasteiger partial charge in [-0.15, -0.1) is 0 Å². The van der Waals surface area contributed by atoms with Crippen molar-refractivity contribution in [1.29, 1.82) is 0 Å². The standard InChI is InChI=1S/C14H11Cl2N3O/c1-9(12-5-4-11(15)7-13(12)16)18-19-14(20)10-3-2-6-17-8-10/h2-8H,1H3,(H,19,20)/b18-9-. The molecule has 102 valence electrons. The second-order valence-corrected chi connectivity index (χ2v) is 4.85. The van der Waals surface area contributed by atoms with Gasteiger partial charge in [0.25, 0.3) is 5.91 Å². The van der Waals surface area contributed by atoms with Gasteiger partial charge in [-0.25, -0.2) is 5.43 Å². The van der Waals surface area contributed by atoms with Crippen molar-refractivity contribution in [1.82, 2.24) is 10.4 Å². The molecule has 1 amide bonds. The van der Waals surface area contributed by atoms with Crippen molar-refractivity contribution in [2.75, 3.05) is 0 Å². The predicted molar refractivity (Wildman–Crippen MR) is 80.4 cm³/mol. The number of aromatic nitrogens is 1. The SMILES string of the molecule is C/C(=N/NC(=O)c1cccnc1)c1ccc(Cl)cc1Cl. The third kappa shape index (κ3) is 3.56. The van der Waals surface area contributed by atoms with E-state index in [2.05, 4.69) is 15.5 Å². The fourth-order valence-corrected chi connectivity index (χ4v) is 2.08. The highest BCUT2D eigenvalue weighted by Gasteiger charge is 2.07. The molecule has 1 N–H and O–H groups in total. The van der Waals surface area contributed by atoms with Gasteiger partial charge in [0.2, 0.25) is 0 Å². The number of halogens is 2. The maximum Gasteiger partial charge on any atom is 0.272 e. The molecule has 20 heavy (non-hydrogen) atoms. The van der Waals surface area contributed by atoms with E-state index < -0.39 is 0 Å². The molecule has 0 fully saturated rings. The van der Waals surface area contributed by atoms with Gasteiger partial charge in [0.05, 0.1) is 16.3 Å². The van der Waals surface area contributed by atoms with Crippen LogP contribution in [0.15, 0.2) is 47.8 Å². The third-order valence-electron chi connectivity index (χ3n) is 2.57. The van der Waals surface area contributed by atoms with Crippen LogP contribution in [0.4, 0.5) is 0 Å². The van der Waals surface area contributed by atoms with Crippen molar-refractivity contribution in [3.63, 3.8) is 0 Å². The zero-order valence-electron chi connectivity index (χ0n) is 10.6. The van der Waals surface area contributed by atoms with Crippen molar-refractivity contribution in [3.05, 3.63) is 63.9 Å². The number of nitrogens with one attached hydrogen (secondary N) is 1. The Hall–Kier alpha value is -1.91. The van der Waals surface area contributed by atoms with Crippen molar-refractivity contribution >= 4 is 34.8 Å². The van der Waals surface area contributed by atoms with E-state index in [1.807, 2.05) is 0 Å². The number of nitrogens with zero attached hydrogens (tertiary/aromatic N) is 2. The second kappa shape index (κ2) is 6.50. The normalized spacial score (nSPS) is 11.2. The lowest BCUT2D eigenvalue weighted by atomic mass is 10.1. The van der Waals surface area contributed by atoms with E-state index in [1.165, 1.54) is 6.20 Å². The molecular formula is C14H11Cl2N3O. The first-order chi connectivity index (χ1) is 9.58. The summed E-state index contributed by atoms with van der Waals surface area (Å²) in [6.07, 6.45) is 3.06. The van der Waals surface area contributed by atoms with E-state index in [0.717, 1.165) is 0 Å². The smallest absolute Gasteiger partial charge is 0.267 e. The molecule has 0 aliphatic carbocycles. The lowest BCUT2D eigenvalue weighted by Crippen LogP contribution is -2.19. The van der Waals surface area contributed by atoms with Crippen LogP contribution in [-0.4, -0.2) is 16.6 Å². The molecule has 4 nitrogen and oxygen atoms in total. The molecule has 0 saturated carbocycles. The minimum absolute atomic E-state index is 0.331. The molecule has 2 aromatic rings. The largest absolute Gasteiger partial charge is 0.272 e. The van der Waals surface area contributed by atoms with Crippen LogP contribution in [0.25, 0.3) is 0 Å². The van der Waals surface area contributed by atoms with Gasteiger partial charge >= 0.3 is 0 Å². The molecular weight excluding hydrogens is 297 g/mol. The summed E-state index contributed by atoms with van der Waals surface area (Å²) in [7, 11) is 0. The van der Waals surface area contributed by atoms with Gasteiger partial charge in [-0.1, -0.05) is 29.3 Å². The summed E-state index contributed by atoms with van der Waals surface area (Å²) < 4.78 is 0. The van der Waals surface area contributed by atoms with Crippen LogP contribution in [0.5, 0.6) is 0 Å². The molecule has 0 atom stereocenters. The fourth-order valence-electron chi connectivity index (χ4n) is 1.54. The molecule has 1 aromatic carbocycles. The molecule has 2 rings (SSSR count). The Morgan fingerprint density at radius 1 is 1.30 bits per heavy atom. The van der Waals surface area contributed by atoms with Crippen molar-refractivity contribution in [3.8, 4) is 0 Å². The quantitative estimate of drug-likeness (QED) is 0.696. The summed E-state index contributed by atoms with van der Waals surface area (Å²) in [6, 6.07) is 8.43. The molecule has 0 aliphatic rings. The van der Waals surface area contributed by atoms with Crippen LogP contribution >= 0.6 is 23.2 Å². The summed E-state index contributed by atoms with van der Waals surface area (Å²) in [4.78, 5) is 15.7. The molecule has 0 radical (unpaired) electrons. The molecule has 6 heteroatoms. The Balaban J connectivity index is 2.13. The number of rotatable bonds is 3. The third-order valence-corrected chi connectivity index (χ3v) is 3.12. The van der Waals surface area contributed by atoms with Gasteiger partial charge in [0, 0.05) is 23.0 Å². The van der Waals surface area contributed by atoms with E-state index in [4.69, 9.17) is 23.2 Å². The summed E-state index contributed by atoms with van der Waals surface area (Å²) in [5, 5.41) is 5.05. The first-order valence-electron chi connectivity index (χ1n) is 5.78. The van der Waals surface area contributed by atoms with Crippen LogP contribution in [0.2, 0.25) is 10.0 Å². The molecule has 0 aliphatic heterocycles. The number of hydrogen-bond acceptors (Lipinski definition) is 3. The summed E-state index contributed by atoms with van der Waals surface area (Å²) >= 11 is 11.9. The zero-order chi connectivity index (χ0) is 14.5. The van der Waals surface area contributed by atoms with E-state index in [1.54, 1.807) is 43.5 Å². The number of carbonyl (C=O) groups excluding carboxylic acids is 1. The molecule has 0 unspecified atom stereocenters. The highest BCUT2D eigenvalue weighted by Crippen LogP contribution is 2.21. The van der Waals surface area contributed by atoms with Gasteiger partial charge in [0.15, 0.2) is 0 Å². The highest BCUT2D eigenvalue weighted by molar-refractivity contribution is 6.37. The van der Waals surface area contributed by atoms with Crippen LogP contribution in [0, 0.1) is 0 Å². The number of pyridine rings is 1. The van der Waals surface area contributed by atoms with Crippen molar-refractivity contribution < 1.29 is 4.79 Å². The number of hydrazone groups is 1. The topological polar surface area (TPSA) is 54.4 Å². The molecule has 0 spiro atoms. The monoisotopic (exact) mass is 307 g/mol. The van der Waals surface area contributed by atoms with E-state index in [0.29, 0.717) is 26.9 Å². The summed E-state index contributed by atoms with van der Waals surface area (Å²) in [5.41, 5.74) is 4.19. The average molecular weight is 308 g/mol. The Bertz CT molecular complexity index is 657. The minimum Gasteiger partial charge on any atom is -0.267 e. The maximum atomic E-state index is 11.8. The summed E-state index contributed by atoms with van der Waals surface area (Å²) in [5.74, 6) is -0.331. The zero-order valence-corrected chi connectivity index (χ0v) is 12.1. The van der Waals surface area contributed by atoms with Crippen molar-refractivity contribution in [2.45, 2.75) is 6.92 Å². The lowest BCUT2D eigenvalue weighted by Gasteiger charge is -2.05. The number of benzene rings is 1. The van der Waals surface area contributed by atoms with Gasteiger partial charge in [-0.3, -0.25) is 9.78 Å². The number of carbonyl (C=O) groups is 1. The Morgan fingerprint density at radius 2 is 2.10 bits per heavy atom. The highest BCUT2D eigenvalue weighted by atomic mass is 35.5. The van der Waals surface area contributed by atoms with Crippen LogP contribution < -0.4 is 5.43 Å².